The predicted octanol–water partition coefficient (Wildman–Crippen LogP) is 2.13. The molecule has 0 aliphatic carbocycles. The number of carbonyl (C=O) groups is 1. The summed E-state index contributed by atoms with van der Waals surface area (Å²) in [6, 6.07) is 1.59. The van der Waals surface area contributed by atoms with E-state index in [-0.39, 0.29) is 11.9 Å². The van der Waals surface area contributed by atoms with Gasteiger partial charge in [-0.25, -0.2) is 9.18 Å². The molecule has 2 N–H and O–H groups in total. The average Bonchev–Trinajstić information content (AvgIpc) is 2.86. The fourth-order valence-corrected chi connectivity index (χ4v) is 1.34. The molecule has 2 rings (SSSR count). The molecule has 0 spiro atoms. The van der Waals surface area contributed by atoms with Crippen molar-refractivity contribution in [2.45, 2.75) is 25.6 Å². The molecule has 0 saturated carbocycles. The summed E-state index contributed by atoms with van der Waals surface area (Å²) in [5, 5.41) is 7.12. The molecule has 0 unspecified atom stereocenters. The second kappa shape index (κ2) is 6.62. The molecule has 1 fully saturated rings. The maximum Gasteiger partial charge on any atom is 0.490 e. The number of carboxylic acid groups (broad SMARTS) is 1. The van der Waals surface area contributed by atoms with Crippen LogP contribution in [0.5, 0.6) is 0 Å². The molecular weight excluding hydrogens is 284 g/mol. The molecule has 1 atom stereocenters. The van der Waals surface area contributed by atoms with Gasteiger partial charge in [0.05, 0.1) is 18.3 Å². The van der Waals surface area contributed by atoms with E-state index < -0.39 is 12.1 Å². The number of alkyl halides is 3. The first-order valence-corrected chi connectivity index (χ1v) is 5.51. The molecule has 1 saturated heterocycles. The van der Waals surface area contributed by atoms with Crippen LogP contribution in [-0.2, 0) is 9.63 Å². The van der Waals surface area contributed by atoms with E-state index in [0.717, 1.165) is 12.0 Å². The Hall–Kier alpha value is -1.74. The van der Waals surface area contributed by atoms with Crippen LogP contribution in [-0.4, -0.2) is 28.8 Å². The SMILES string of the molecule is Cc1ncc([C@@H]2CCON2)cc1F.O=C(O)C(F)(F)F. The summed E-state index contributed by atoms with van der Waals surface area (Å²) < 4.78 is 44.8. The number of aliphatic carboxylic acids is 1. The molecule has 0 amide bonds. The first-order valence-electron chi connectivity index (χ1n) is 5.51. The summed E-state index contributed by atoms with van der Waals surface area (Å²) in [6.45, 7) is 2.32. The number of hydroxylamine groups is 1. The van der Waals surface area contributed by atoms with Crippen LogP contribution in [0.1, 0.15) is 23.7 Å². The fourth-order valence-electron chi connectivity index (χ4n) is 1.34. The van der Waals surface area contributed by atoms with Crippen LogP contribution >= 0.6 is 0 Å². The number of pyridine rings is 1. The molecule has 2 heterocycles. The number of aromatic nitrogens is 1. The number of nitrogens with one attached hydrogen (secondary N) is 1. The highest BCUT2D eigenvalue weighted by atomic mass is 19.4. The third-order valence-electron chi connectivity index (χ3n) is 2.43. The van der Waals surface area contributed by atoms with Gasteiger partial charge < -0.3 is 9.94 Å². The standard InChI is InChI=1S/C9H11FN2O.C2HF3O2/c1-6-8(10)4-7(5-11-6)9-2-3-13-12-9;3-2(4,5)1(6)7/h4-5,9,12H,2-3H2,1H3;(H,6,7)/t9-;/m0./s1. The van der Waals surface area contributed by atoms with E-state index in [2.05, 4.69) is 10.5 Å². The van der Waals surface area contributed by atoms with Gasteiger partial charge in [0.1, 0.15) is 5.82 Å². The zero-order valence-electron chi connectivity index (χ0n) is 10.4. The van der Waals surface area contributed by atoms with Gasteiger partial charge >= 0.3 is 12.1 Å². The van der Waals surface area contributed by atoms with Crippen LogP contribution < -0.4 is 5.48 Å². The molecule has 112 valence electrons. The van der Waals surface area contributed by atoms with Gasteiger partial charge in [0.2, 0.25) is 0 Å². The average molecular weight is 296 g/mol. The maximum absolute atomic E-state index is 13.1. The van der Waals surface area contributed by atoms with Crippen molar-refractivity contribution in [3.05, 3.63) is 29.3 Å². The normalized spacial score (nSPS) is 18.4. The largest absolute Gasteiger partial charge is 0.490 e. The second-order valence-electron chi connectivity index (χ2n) is 3.95. The monoisotopic (exact) mass is 296 g/mol. The highest BCUT2D eigenvalue weighted by Gasteiger charge is 2.38. The minimum Gasteiger partial charge on any atom is -0.475 e. The van der Waals surface area contributed by atoms with Gasteiger partial charge in [0.15, 0.2) is 0 Å². The summed E-state index contributed by atoms with van der Waals surface area (Å²) in [5.41, 5.74) is 4.09. The van der Waals surface area contributed by atoms with Crippen molar-refractivity contribution in [3.8, 4) is 0 Å². The van der Waals surface area contributed by atoms with E-state index in [1.165, 1.54) is 6.07 Å². The molecule has 0 bridgehead atoms. The molecule has 1 aliphatic heterocycles. The van der Waals surface area contributed by atoms with Gasteiger partial charge in [-0.3, -0.25) is 4.98 Å². The molecule has 0 aromatic carbocycles. The summed E-state index contributed by atoms with van der Waals surface area (Å²) >= 11 is 0. The topological polar surface area (TPSA) is 71.5 Å². The molecule has 1 aromatic rings. The highest BCUT2D eigenvalue weighted by molar-refractivity contribution is 5.73. The lowest BCUT2D eigenvalue weighted by Gasteiger charge is -2.08. The Bertz CT molecular complexity index is 473. The lowest BCUT2D eigenvalue weighted by Crippen LogP contribution is -2.21. The first kappa shape index (κ1) is 16.3. The second-order valence-corrected chi connectivity index (χ2v) is 3.95. The zero-order valence-corrected chi connectivity index (χ0v) is 10.4. The lowest BCUT2D eigenvalue weighted by molar-refractivity contribution is -0.192. The Balaban J connectivity index is 0.000000246. The van der Waals surface area contributed by atoms with Crippen LogP contribution in [0.25, 0.3) is 0 Å². The smallest absolute Gasteiger partial charge is 0.475 e. The van der Waals surface area contributed by atoms with E-state index in [1.54, 1.807) is 13.1 Å². The van der Waals surface area contributed by atoms with Gasteiger partial charge in [-0.15, -0.1) is 0 Å². The van der Waals surface area contributed by atoms with E-state index in [9.17, 15) is 17.6 Å². The van der Waals surface area contributed by atoms with Crippen LogP contribution in [0, 0.1) is 12.7 Å². The Morgan fingerprint density at radius 3 is 2.55 bits per heavy atom. The van der Waals surface area contributed by atoms with Crippen molar-refractivity contribution < 1.29 is 32.3 Å². The van der Waals surface area contributed by atoms with Gasteiger partial charge in [-0.1, -0.05) is 0 Å². The molecule has 1 aliphatic rings. The van der Waals surface area contributed by atoms with Crippen molar-refractivity contribution in [1.82, 2.24) is 10.5 Å². The number of carboxylic acids is 1. The molecule has 5 nitrogen and oxygen atoms in total. The van der Waals surface area contributed by atoms with Gasteiger partial charge in [0, 0.05) is 6.20 Å². The summed E-state index contributed by atoms with van der Waals surface area (Å²) in [6.07, 6.45) is -2.53. The van der Waals surface area contributed by atoms with Crippen molar-refractivity contribution >= 4 is 5.97 Å². The van der Waals surface area contributed by atoms with E-state index >= 15 is 0 Å². The van der Waals surface area contributed by atoms with Crippen molar-refractivity contribution in [1.29, 1.82) is 0 Å². The molecule has 1 aromatic heterocycles. The molecule has 20 heavy (non-hydrogen) atoms. The van der Waals surface area contributed by atoms with Gasteiger partial charge in [-0.2, -0.15) is 18.7 Å². The third-order valence-corrected chi connectivity index (χ3v) is 2.43. The van der Waals surface area contributed by atoms with Crippen molar-refractivity contribution in [2.24, 2.45) is 0 Å². The molecule has 0 radical (unpaired) electrons. The van der Waals surface area contributed by atoms with Crippen LogP contribution in [0.15, 0.2) is 12.3 Å². The molecule has 9 heteroatoms. The highest BCUT2D eigenvalue weighted by Crippen LogP contribution is 2.21. The van der Waals surface area contributed by atoms with E-state index in [1.807, 2.05) is 0 Å². The number of halogens is 4. The number of hydrogen-bond acceptors (Lipinski definition) is 4. The summed E-state index contributed by atoms with van der Waals surface area (Å²) in [4.78, 5) is 17.8. The minimum atomic E-state index is -5.08. The minimum absolute atomic E-state index is 0.0857. The summed E-state index contributed by atoms with van der Waals surface area (Å²) in [5.74, 6) is -3.02. The quantitative estimate of drug-likeness (QED) is 0.777. The number of rotatable bonds is 1. The number of hydrogen-bond donors (Lipinski definition) is 2. The molecular formula is C11H12F4N2O3. The van der Waals surface area contributed by atoms with Crippen LogP contribution in [0.3, 0.4) is 0 Å². The Morgan fingerprint density at radius 2 is 2.15 bits per heavy atom. The van der Waals surface area contributed by atoms with E-state index in [4.69, 9.17) is 14.7 Å². The Kier molecular flexibility index (Phi) is 5.40. The van der Waals surface area contributed by atoms with Crippen LogP contribution in [0.4, 0.5) is 17.6 Å². The van der Waals surface area contributed by atoms with Crippen molar-refractivity contribution in [3.63, 3.8) is 0 Å². The van der Waals surface area contributed by atoms with Crippen LogP contribution in [0.2, 0.25) is 0 Å². The fraction of sp³-hybridized carbons (Fsp3) is 0.455. The summed E-state index contributed by atoms with van der Waals surface area (Å²) in [7, 11) is 0. The number of nitrogens with zero attached hydrogens (tertiary/aromatic N) is 1. The zero-order chi connectivity index (χ0) is 15.3. The lowest BCUT2D eigenvalue weighted by atomic mass is 10.1. The van der Waals surface area contributed by atoms with E-state index in [0.29, 0.717) is 12.3 Å². The van der Waals surface area contributed by atoms with Gasteiger partial charge in [-0.05, 0) is 25.0 Å². The van der Waals surface area contributed by atoms with Gasteiger partial charge in [0.25, 0.3) is 0 Å². The number of aryl methyl sites for hydroxylation is 1. The van der Waals surface area contributed by atoms with Crippen molar-refractivity contribution in [2.75, 3.05) is 6.61 Å². The maximum atomic E-state index is 13.1. The Morgan fingerprint density at radius 1 is 1.55 bits per heavy atom. The first-order chi connectivity index (χ1) is 9.21. The predicted molar refractivity (Wildman–Crippen MR) is 59.1 cm³/mol. The third kappa shape index (κ3) is 4.74. The Labute approximate surface area is 111 Å².